The van der Waals surface area contributed by atoms with Crippen LogP contribution in [-0.4, -0.2) is 8.07 Å². The van der Waals surface area contributed by atoms with Gasteiger partial charge in [-0.05, 0) is 23.2 Å². The molecule has 2 heteroatoms. The van der Waals surface area contributed by atoms with Crippen molar-refractivity contribution in [3.63, 3.8) is 0 Å². The smallest absolute Gasteiger partial charge is 0.0803 e. The van der Waals surface area contributed by atoms with Crippen molar-refractivity contribution in [3.05, 3.63) is 30.3 Å². The van der Waals surface area contributed by atoms with E-state index in [1.807, 2.05) is 13.0 Å². The molecule has 14 heavy (non-hydrogen) atoms. The molecule has 0 heterocycles. The lowest BCUT2D eigenvalue weighted by Gasteiger charge is -2.21. The van der Waals surface area contributed by atoms with Gasteiger partial charge in [-0.15, -0.1) is 0 Å². The molecule has 1 rings (SSSR count). The van der Waals surface area contributed by atoms with Crippen LogP contribution in [0.1, 0.15) is 12.5 Å². The van der Waals surface area contributed by atoms with Gasteiger partial charge < -0.3 is 5.73 Å². The minimum Gasteiger partial charge on any atom is -0.398 e. The van der Waals surface area contributed by atoms with Crippen molar-refractivity contribution >= 4 is 24.5 Å². The molecule has 2 N–H and O–H groups in total. The second-order valence-electron chi connectivity index (χ2n) is 4.80. The highest BCUT2D eigenvalue weighted by molar-refractivity contribution is 6.89. The van der Waals surface area contributed by atoms with E-state index in [1.54, 1.807) is 0 Å². The Balaban J connectivity index is 3.35. The van der Waals surface area contributed by atoms with Crippen LogP contribution in [0.3, 0.4) is 0 Å². The van der Waals surface area contributed by atoms with Gasteiger partial charge in [-0.1, -0.05) is 44.4 Å². The summed E-state index contributed by atoms with van der Waals surface area (Å²) in [6.07, 6.45) is 0. The molecule has 1 nitrogen and oxygen atoms in total. The summed E-state index contributed by atoms with van der Waals surface area (Å²) in [6.45, 7) is 12.9. The average molecular weight is 205 g/mol. The third-order valence-electron chi connectivity index (χ3n) is 2.37. The van der Waals surface area contributed by atoms with E-state index in [0.717, 1.165) is 16.8 Å². The summed E-state index contributed by atoms with van der Waals surface area (Å²) in [5.41, 5.74) is 9.22. The minimum atomic E-state index is -1.32. The van der Waals surface area contributed by atoms with Crippen molar-refractivity contribution in [2.45, 2.75) is 26.6 Å². The maximum absolute atomic E-state index is 6.14. The van der Waals surface area contributed by atoms with Gasteiger partial charge in [0.2, 0.25) is 0 Å². The summed E-state index contributed by atoms with van der Waals surface area (Å²) < 4.78 is 0. The van der Waals surface area contributed by atoms with E-state index in [2.05, 4.69) is 38.4 Å². The van der Waals surface area contributed by atoms with E-state index in [-0.39, 0.29) is 0 Å². The lowest BCUT2D eigenvalue weighted by Crippen LogP contribution is -2.39. The highest BCUT2D eigenvalue weighted by Crippen LogP contribution is 2.20. The van der Waals surface area contributed by atoms with Gasteiger partial charge in [-0.25, -0.2) is 0 Å². The van der Waals surface area contributed by atoms with Gasteiger partial charge in [0.25, 0.3) is 0 Å². The fourth-order valence-electron chi connectivity index (χ4n) is 1.59. The first-order valence-electron chi connectivity index (χ1n) is 4.89. The van der Waals surface area contributed by atoms with Crippen molar-refractivity contribution in [2.24, 2.45) is 0 Å². The van der Waals surface area contributed by atoms with Crippen LogP contribution in [0.25, 0.3) is 5.57 Å². The maximum atomic E-state index is 6.14. The zero-order valence-corrected chi connectivity index (χ0v) is 10.5. The Morgan fingerprint density at radius 1 is 1.29 bits per heavy atom. The summed E-state index contributed by atoms with van der Waals surface area (Å²) in [6, 6.07) is 6.27. The number of hydrogen-bond acceptors (Lipinski definition) is 1. The van der Waals surface area contributed by atoms with Crippen molar-refractivity contribution in [2.75, 3.05) is 5.73 Å². The molecule has 0 aliphatic carbocycles. The van der Waals surface area contributed by atoms with Crippen molar-refractivity contribution in [1.29, 1.82) is 0 Å². The van der Waals surface area contributed by atoms with Crippen LogP contribution >= 0.6 is 0 Å². The van der Waals surface area contributed by atoms with Gasteiger partial charge >= 0.3 is 0 Å². The molecule has 0 unspecified atom stereocenters. The number of rotatable bonds is 2. The van der Waals surface area contributed by atoms with E-state index in [4.69, 9.17) is 5.73 Å². The number of allylic oxidation sites excluding steroid dienone is 1. The van der Waals surface area contributed by atoms with Crippen molar-refractivity contribution in [1.82, 2.24) is 0 Å². The summed E-state index contributed by atoms with van der Waals surface area (Å²) in [7, 11) is -1.32. The van der Waals surface area contributed by atoms with Crippen molar-refractivity contribution < 1.29 is 0 Å². The molecule has 0 atom stereocenters. The first-order chi connectivity index (χ1) is 6.34. The highest BCUT2D eigenvalue weighted by Gasteiger charge is 2.20. The van der Waals surface area contributed by atoms with E-state index in [1.165, 1.54) is 5.19 Å². The zero-order chi connectivity index (χ0) is 10.9. The number of hydrogen-bond donors (Lipinski definition) is 1. The summed E-state index contributed by atoms with van der Waals surface area (Å²) in [5.74, 6) is 0. The molecule has 0 bridgehead atoms. The van der Waals surface area contributed by atoms with Gasteiger partial charge in [0, 0.05) is 5.69 Å². The van der Waals surface area contributed by atoms with E-state index >= 15 is 0 Å². The topological polar surface area (TPSA) is 26.0 Å². The molecular weight excluding hydrogens is 186 g/mol. The van der Waals surface area contributed by atoms with Crippen molar-refractivity contribution in [3.8, 4) is 0 Å². The molecule has 0 spiro atoms. The molecule has 1 aromatic rings. The summed E-state index contributed by atoms with van der Waals surface area (Å²) in [5, 5.41) is 1.33. The number of nitrogens with two attached hydrogens (primary N) is 1. The average Bonchev–Trinajstić information content (AvgIpc) is 2.01. The third kappa shape index (κ3) is 2.07. The lowest BCUT2D eigenvalue weighted by molar-refractivity contribution is 1.58. The molecule has 0 fully saturated rings. The maximum Gasteiger partial charge on any atom is 0.0803 e. The van der Waals surface area contributed by atoms with Crippen LogP contribution in [0.4, 0.5) is 5.69 Å². The molecule has 1 aromatic carbocycles. The zero-order valence-electron chi connectivity index (χ0n) is 9.52. The normalized spacial score (nSPS) is 11.4. The van der Waals surface area contributed by atoms with Gasteiger partial charge in [0.1, 0.15) is 0 Å². The van der Waals surface area contributed by atoms with Crippen LogP contribution < -0.4 is 10.9 Å². The SMILES string of the molecule is C=C(C)c1cccc([Si](C)(C)C)c1N. The fraction of sp³-hybridized carbons (Fsp3) is 0.333. The Morgan fingerprint density at radius 3 is 2.29 bits per heavy atom. The second-order valence-corrected chi connectivity index (χ2v) is 9.84. The molecule has 0 amide bonds. The first-order valence-corrected chi connectivity index (χ1v) is 8.39. The monoisotopic (exact) mass is 205 g/mol. The van der Waals surface area contributed by atoms with Crippen LogP contribution in [-0.2, 0) is 0 Å². The Bertz CT molecular complexity index is 361. The Morgan fingerprint density at radius 2 is 1.86 bits per heavy atom. The van der Waals surface area contributed by atoms with Crippen LogP contribution in [0.2, 0.25) is 19.6 Å². The fourth-order valence-corrected chi connectivity index (χ4v) is 3.13. The molecule has 0 saturated heterocycles. The molecule has 0 saturated carbocycles. The van der Waals surface area contributed by atoms with Gasteiger partial charge in [-0.2, -0.15) is 0 Å². The molecule has 76 valence electrons. The largest absolute Gasteiger partial charge is 0.398 e. The first kappa shape index (κ1) is 11.1. The highest BCUT2D eigenvalue weighted by atomic mass is 28.3. The summed E-state index contributed by atoms with van der Waals surface area (Å²) >= 11 is 0. The van der Waals surface area contributed by atoms with Gasteiger partial charge in [0.15, 0.2) is 0 Å². The van der Waals surface area contributed by atoms with E-state index < -0.39 is 8.07 Å². The predicted octanol–water partition coefficient (Wildman–Crippen LogP) is 2.85. The Kier molecular flexibility index (Phi) is 2.86. The summed E-state index contributed by atoms with van der Waals surface area (Å²) in [4.78, 5) is 0. The molecule has 0 aliphatic rings. The molecule has 0 aromatic heterocycles. The molecular formula is C12H19NSi. The number of benzene rings is 1. The second kappa shape index (κ2) is 3.62. The van der Waals surface area contributed by atoms with E-state index in [9.17, 15) is 0 Å². The van der Waals surface area contributed by atoms with Gasteiger partial charge in [0.05, 0.1) is 8.07 Å². The third-order valence-corrected chi connectivity index (χ3v) is 4.43. The Labute approximate surface area is 87.7 Å². The Hall–Kier alpha value is -1.02. The molecule has 0 radical (unpaired) electrons. The predicted molar refractivity (Wildman–Crippen MR) is 68.5 cm³/mol. The lowest BCUT2D eigenvalue weighted by atomic mass is 10.1. The number of para-hydroxylation sites is 1. The molecule has 0 aliphatic heterocycles. The van der Waals surface area contributed by atoms with E-state index in [0.29, 0.717) is 0 Å². The van der Waals surface area contributed by atoms with Crippen LogP contribution in [0, 0.1) is 0 Å². The van der Waals surface area contributed by atoms with Gasteiger partial charge in [-0.3, -0.25) is 0 Å². The van der Waals surface area contributed by atoms with Crippen LogP contribution in [0.5, 0.6) is 0 Å². The minimum absolute atomic E-state index is 0.930. The standard InChI is InChI=1S/C12H19NSi/c1-9(2)10-7-6-8-11(12(10)13)14(3,4)5/h6-8H,1,13H2,2-5H3. The number of nitrogen functional groups attached to an aromatic ring is 1. The number of anilines is 1. The van der Waals surface area contributed by atoms with Crippen LogP contribution in [0.15, 0.2) is 24.8 Å². The quantitative estimate of drug-likeness (QED) is 0.583.